The number of alkyl halides is 3. The standard InChI is InChI=1S/C23H20F4N4O4/c24-17-8-1-2-9-18(17)31-22(34)30(13-14-5-3-6-15(11-14)23(25,26)27)21(33)19(29-31)20(32)28-12-16-7-4-10-35-16/h1-3,5-6,8-9,11,16H,4,7,10,12-13H2,(H,28,32)/t16-/m0/s1. The van der Waals surface area contributed by atoms with Gasteiger partial charge in [-0.2, -0.15) is 23.0 Å². The van der Waals surface area contributed by atoms with Gasteiger partial charge in [0.25, 0.3) is 11.5 Å². The Morgan fingerprint density at radius 3 is 2.60 bits per heavy atom. The first-order valence-electron chi connectivity index (χ1n) is 10.7. The number of hydrogen-bond acceptors (Lipinski definition) is 5. The van der Waals surface area contributed by atoms with Gasteiger partial charge in [-0.05, 0) is 42.7 Å². The largest absolute Gasteiger partial charge is 0.416 e. The third-order valence-electron chi connectivity index (χ3n) is 5.46. The molecule has 2 heterocycles. The van der Waals surface area contributed by atoms with Crippen LogP contribution in [0.5, 0.6) is 0 Å². The van der Waals surface area contributed by atoms with Crippen LogP contribution in [-0.4, -0.2) is 39.5 Å². The van der Waals surface area contributed by atoms with Gasteiger partial charge in [-0.25, -0.2) is 9.18 Å². The highest BCUT2D eigenvalue weighted by atomic mass is 19.4. The summed E-state index contributed by atoms with van der Waals surface area (Å²) in [5, 5.41) is 6.32. The number of ether oxygens (including phenoxy) is 1. The third-order valence-corrected chi connectivity index (χ3v) is 5.46. The molecule has 0 spiro atoms. The molecule has 8 nitrogen and oxygen atoms in total. The molecule has 35 heavy (non-hydrogen) atoms. The maximum Gasteiger partial charge on any atom is 0.416 e. The molecule has 1 aliphatic heterocycles. The summed E-state index contributed by atoms with van der Waals surface area (Å²) in [6.45, 7) is 0.0394. The lowest BCUT2D eigenvalue weighted by Crippen LogP contribution is -2.46. The molecule has 184 valence electrons. The molecule has 1 atom stereocenters. The minimum absolute atomic E-state index is 0.0176. The lowest BCUT2D eigenvalue weighted by molar-refractivity contribution is -0.137. The molecule has 1 amide bonds. The van der Waals surface area contributed by atoms with Gasteiger partial charge in [0, 0.05) is 13.2 Å². The summed E-state index contributed by atoms with van der Waals surface area (Å²) in [6.07, 6.45) is -3.35. The molecule has 1 N–H and O–H groups in total. The van der Waals surface area contributed by atoms with Crippen molar-refractivity contribution in [1.29, 1.82) is 0 Å². The molecule has 1 fully saturated rings. The first-order valence-corrected chi connectivity index (χ1v) is 10.7. The summed E-state index contributed by atoms with van der Waals surface area (Å²) >= 11 is 0. The average molecular weight is 492 g/mol. The number of para-hydroxylation sites is 1. The minimum atomic E-state index is -4.64. The van der Waals surface area contributed by atoms with E-state index in [0.717, 1.165) is 30.7 Å². The Bertz CT molecular complexity index is 1360. The molecule has 1 aliphatic rings. The van der Waals surface area contributed by atoms with Crippen molar-refractivity contribution in [2.45, 2.75) is 31.7 Å². The van der Waals surface area contributed by atoms with Gasteiger partial charge in [0.2, 0.25) is 5.69 Å². The summed E-state index contributed by atoms with van der Waals surface area (Å²) in [5.74, 6) is -1.77. The second-order valence-electron chi connectivity index (χ2n) is 7.93. The Balaban J connectivity index is 1.79. The molecule has 1 aromatic heterocycles. The van der Waals surface area contributed by atoms with Gasteiger partial charge in [-0.1, -0.05) is 24.3 Å². The van der Waals surface area contributed by atoms with E-state index in [0.29, 0.717) is 22.3 Å². The van der Waals surface area contributed by atoms with Crippen molar-refractivity contribution in [3.05, 3.63) is 92.0 Å². The number of amides is 1. The van der Waals surface area contributed by atoms with Crippen LogP contribution < -0.4 is 16.6 Å². The number of carbonyl (C=O) groups excluding carboxylic acids is 1. The Morgan fingerprint density at radius 1 is 1.14 bits per heavy atom. The van der Waals surface area contributed by atoms with Crippen LogP contribution in [0.4, 0.5) is 17.6 Å². The molecule has 0 aliphatic carbocycles. The van der Waals surface area contributed by atoms with Crippen molar-refractivity contribution in [2.75, 3.05) is 13.2 Å². The van der Waals surface area contributed by atoms with E-state index in [2.05, 4.69) is 10.4 Å². The molecular weight excluding hydrogens is 472 g/mol. The normalized spacial score (nSPS) is 15.8. The van der Waals surface area contributed by atoms with Crippen molar-refractivity contribution in [3.8, 4) is 5.69 Å². The second-order valence-corrected chi connectivity index (χ2v) is 7.93. The van der Waals surface area contributed by atoms with Crippen LogP contribution in [0, 0.1) is 5.82 Å². The number of benzene rings is 2. The zero-order chi connectivity index (χ0) is 25.2. The molecule has 0 bridgehead atoms. The molecule has 3 aromatic rings. The van der Waals surface area contributed by atoms with Crippen molar-refractivity contribution in [2.24, 2.45) is 0 Å². The number of nitrogens with zero attached hydrogens (tertiary/aromatic N) is 3. The molecule has 1 saturated heterocycles. The number of carbonyl (C=O) groups is 1. The van der Waals surface area contributed by atoms with E-state index in [9.17, 15) is 31.9 Å². The summed E-state index contributed by atoms with van der Waals surface area (Å²) in [7, 11) is 0. The van der Waals surface area contributed by atoms with Crippen LogP contribution >= 0.6 is 0 Å². The summed E-state index contributed by atoms with van der Waals surface area (Å²) in [4.78, 5) is 38.9. The smallest absolute Gasteiger partial charge is 0.376 e. The first kappa shape index (κ1) is 24.3. The number of aromatic nitrogens is 3. The molecule has 2 aromatic carbocycles. The van der Waals surface area contributed by atoms with E-state index in [1.54, 1.807) is 0 Å². The van der Waals surface area contributed by atoms with Crippen molar-refractivity contribution < 1.29 is 27.1 Å². The highest BCUT2D eigenvalue weighted by Gasteiger charge is 2.30. The van der Waals surface area contributed by atoms with E-state index in [-0.39, 0.29) is 23.9 Å². The first-order chi connectivity index (χ1) is 16.6. The van der Waals surface area contributed by atoms with Gasteiger partial charge in [0.05, 0.1) is 18.2 Å². The Hall–Kier alpha value is -3.80. The van der Waals surface area contributed by atoms with Crippen LogP contribution in [-0.2, 0) is 17.5 Å². The van der Waals surface area contributed by atoms with E-state index in [1.807, 2.05) is 0 Å². The summed E-state index contributed by atoms with van der Waals surface area (Å²) in [6, 6.07) is 9.14. The lowest BCUT2D eigenvalue weighted by atomic mass is 10.1. The van der Waals surface area contributed by atoms with Crippen LogP contribution in [0.25, 0.3) is 5.69 Å². The van der Waals surface area contributed by atoms with E-state index in [4.69, 9.17) is 4.74 Å². The molecule has 0 radical (unpaired) electrons. The SMILES string of the molecule is O=C(NC[C@@H]1CCCO1)c1nn(-c2ccccc2F)c(=O)n(Cc2cccc(C(F)(F)F)c2)c1=O. The highest BCUT2D eigenvalue weighted by molar-refractivity contribution is 5.91. The van der Waals surface area contributed by atoms with Gasteiger partial charge in [0.15, 0.2) is 0 Å². The van der Waals surface area contributed by atoms with E-state index >= 15 is 0 Å². The predicted octanol–water partition coefficient (Wildman–Crippen LogP) is 2.51. The van der Waals surface area contributed by atoms with Crippen molar-refractivity contribution >= 4 is 5.91 Å². The number of hydrogen-bond donors (Lipinski definition) is 1. The third kappa shape index (κ3) is 5.32. The number of rotatable bonds is 6. The Labute approximate surface area is 195 Å². The fraction of sp³-hybridized carbons (Fsp3) is 0.304. The van der Waals surface area contributed by atoms with Gasteiger partial charge < -0.3 is 10.1 Å². The van der Waals surface area contributed by atoms with Gasteiger partial charge >= 0.3 is 11.9 Å². The van der Waals surface area contributed by atoms with Crippen LogP contribution in [0.3, 0.4) is 0 Å². The second kappa shape index (κ2) is 9.82. The summed E-state index contributed by atoms with van der Waals surface area (Å²) in [5.41, 5.74) is -4.27. The Kier molecular flexibility index (Phi) is 6.83. The van der Waals surface area contributed by atoms with Crippen LogP contribution in [0.2, 0.25) is 0 Å². The monoisotopic (exact) mass is 492 g/mol. The maximum atomic E-state index is 14.5. The Morgan fingerprint density at radius 2 is 1.91 bits per heavy atom. The van der Waals surface area contributed by atoms with Crippen molar-refractivity contribution in [1.82, 2.24) is 19.7 Å². The maximum absolute atomic E-state index is 14.5. The molecule has 12 heteroatoms. The fourth-order valence-corrected chi connectivity index (χ4v) is 3.70. The molecular formula is C23H20F4N4O4. The topological polar surface area (TPSA) is 95.2 Å². The van der Waals surface area contributed by atoms with E-state index in [1.165, 1.54) is 24.3 Å². The van der Waals surface area contributed by atoms with Crippen LogP contribution in [0.1, 0.15) is 34.5 Å². The van der Waals surface area contributed by atoms with Crippen LogP contribution in [0.15, 0.2) is 58.1 Å². The fourth-order valence-electron chi connectivity index (χ4n) is 3.70. The van der Waals surface area contributed by atoms with Gasteiger partial charge in [-0.3, -0.25) is 14.2 Å². The van der Waals surface area contributed by atoms with Crippen molar-refractivity contribution in [3.63, 3.8) is 0 Å². The minimum Gasteiger partial charge on any atom is -0.376 e. The van der Waals surface area contributed by atoms with Gasteiger partial charge in [0.1, 0.15) is 11.5 Å². The highest BCUT2D eigenvalue weighted by Crippen LogP contribution is 2.29. The van der Waals surface area contributed by atoms with E-state index < -0.39 is 47.0 Å². The average Bonchev–Trinajstić information content (AvgIpc) is 3.34. The summed E-state index contributed by atoms with van der Waals surface area (Å²) < 4.78 is 60.4. The zero-order valence-corrected chi connectivity index (χ0v) is 18.2. The zero-order valence-electron chi connectivity index (χ0n) is 18.2. The number of nitrogens with one attached hydrogen (secondary N) is 1. The quantitative estimate of drug-likeness (QED) is 0.534. The van der Waals surface area contributed by atoms with Gasteiger partial charge in [-0.15, -0.1) is 0 Å². The number of halogens is 4. The lowest BCUT2D eigenvalue weighted by Gasteiger charge is -2.14. The molecule has 0 saturated carbocycles. The molecule has 0 unspecified atom stereocenters. The predicted molar refractivity (Wildman–Crippen MR) is 116 cm³/mol. The molecule has 4 rings (SSSR count).